The Balaban J connectivity index is 1.41. The highest BCUT2D eigenvalue weighted by Gasteiger charge is 2.16. The van der Waals surface area contributed by atoms with E-state index in [4.69, 9.17) is 9.72 Å². The van der Waals surface area contributed by atoms with Crippen molar-refractivity contribution in [1.82, 2.24) is 14.6 Å². The van der Waals surface area contributed by atoms with Crippen LogP contribution in [0.3, 0.4) is 0 Å². The summed E-state index contributed by atoms with van der Waals surface area (Å²) < 4.78 is 7.07. The van der Waals surface area contributed by atoms with Crippen LogP contribution in [0.5, 0.6) is 0 Å². The number of carbonyl (C=O) groups excluding carboxylic acids is 1. The van der Waals surface area contributed by atoms with E-state index in [0.29, 0.717) is 11.6 Å². The number of fused-ring (bicyclic) bond motifs is 1. The van der Waals surface area contributed by atoms with E-state index >= 15 is 0 Å². The summed E-state index contributed by atoms with van der Waals surface area (Å²) in [5.41, 5.74) is 5.96. The quantitative estimate of drug-likeness (QED) is 0.281. The highest BCUT2D eigenvalue weighted by molar-refractivity contribution is 5.85. The average molecular weight is 478 g/mol. The van der Waals surface area contributed by atoms with Crippen LogP contribution in [-0.4, -0.2) is 26.3 Å². The number of carbonyl (C=O) groups is 1. The minimum absolute atomic E-state index is 0.492. The Hall–Kier alpha value is -4.65. The van der Waals surface area contributed by atoms with Crippen molar-refractivity contribution in [2.45, 2.75) is 26.4 Å². The number of hydrogen-bond acceptors (Lipinski definition) is 5. The molecule has 0 spiro atoms. The fourth-order valence-corrected chi connectivity index (χ4v) is 3.84. The molecule has 0 aliphatic heterocycles. The predicted molar refractivity (Wildman–Crippen MR) is 143 cm³/mol. The molecule has 0 radical (unpaired) electrons. The van der Waals surface area contributed by atoms with Crippen molar-refractivity contribution in [2.24, 2.45) is 0 Å². The van der Waals surface area contributed by atoms with Crippen molar-refractivity contribution in [3.05, 3.63) is 97.2 Å². The molecule has 3 aromatic carbocycles. The van der Waals surface area contributed by atoms with Gasteiger partial charge in [-0.2, -0.15) is 5.10 Å². The van der Waals surface area contributed by atoms with E-state index < -0.39 is 11.7 Å². The van der Waals surface area contributed by atoms with Crippen LogP contribution < -0.4 is 10.6 Å². The second kappa shape index (κ2) is 9.54. The Kier molecular flexibility index (Phi) is 6.12. The van der Waals surface area contributed by atoms with Crippen LogP contribution in [0.1, 0.15) is 20.8 Å². The molecule has 0 atom stereocenters. The summed E-state index contributed by atoms with van der Waals surface area (Å²) in [7, 11) is 0. The van der Waals surface area contributed by atoms with Gasteiger partial charge in [0.2, 0.25) is 5.95 Å². The van der Waals surface area contributed by atoms with E-state index in [1.807, 2.05) is 69.3 Å². The number of rotatable bonds is 5. The topological polar surface area (TPSA) is 80.5 Å². The third-order valence-electron chi connectivity index (χ3n) is 5.44. The monoisotopic (exact) mass is 477 g/mol. The first-order valence-electron chi connectivity index (χ1n) is 11.7. The summed E-state index contributed by atoms with van der Waals surface area (Å²) in [6, 6.07) is 30.0. The number of aromatic nitrogens is 3. The molecule has 0 bridgehead atoms. The Morgan fingerprint density at radius 2 is 1.50 bits per heavy atom. The first-order valence-corrected chi connectivity index (χ1v) is 11.7. The molecule has 180 valence electrons. The minimum atomic E-state index is -0.558. The third-order valence-corrected chi connectivity index (χ3v) is 5.44. The number of hydrogen-bond donors (Lipinski definition) is 2. The van der Waals surface area contributed by atoms with Crippen molar-refractivity contribution in [1.29, 1.82) is 0 Å². The van der Waals surface area contributed by atoms with Crippen molar-refractivity contribution < 1.29 is 9.53 Å². The molecule has 0 unspecified atom stereocenters. The van der Waals surface area contributed by atoms with Gasteiger partial charge in [0.1, 0.15) is 5.60 Å². The molecule has 2 heterocycles. The van der Waals surface area contributed by atoms with E-state index in [1.54, 1.807) is 22.8 Å². The van der Waals surface area contributed by atoms with Gasteiger partial charge in [-0.1, -0.05) is 48.5 Å². The smallest absolute Gasteiger partial charge is 0.412 e. The number of benzene rings is 3. The van der Waals surface area contributed by atoms with Crippen LogP contribution in [0, 0.1) is 0 Å². The highest BCUT2D eigenvalue weighted by atomic mass is 16.6. The van der Waals surface area contributed by atoms with Crippen molar-refractivity contribution >= 4 is 28.9 Å². The van der Waals surface area contributed by atoms with Gasteiger partial charge < -0.3 is 10.1 Å². The predicted octanol–water partition coefficient (Wildman–Crippen LogP) is 7.15. The summed E-state index contributed by atoms with van der Waals surface area (Å²) >= 11 is 0. The van der Waals surface area contributed by atoms with Crippen molar-refractivity contribution in [3.63, 3.8) is 0 Å². The molecule has 2 N–H and O–H groups in total. The molecule has 0 fully saturated rings. The molecule has 1 amide bonds. The lowest BCUT2D eigenvalue weighted by molar-refractivity contribution is 0.0636. The van der Waals surface area contributed by atoms with E-state index in [2.05, 4.69) is 46.1 Å². The first-order chi connectivity index (χ1) is 17.3. The van der Waals surface area contributed by atoms with Crippen LogP contribution in [-0.2, 0) is 4.74 Å². The summed E-state index contributed by atoms with van der Waals surface area (Å²) in [5.74, 6) is 0.588. The van der Waals surface area contributed by atoms with E-state index in [-0.39, 0.29) is 0 Å². The van der Waals surface area contributed by atoms with E-state index in [0.717, 1.165) is 33.6 Å². The standard InChI is InChI=1S/C29H27N5O2/c1-29(2,3)36-28(35)32-24-14-12-23(13-15-24)31-27-33-26(19-25-16-17-30-34(25)27)22-11-7-10-21(18-22)20-8-5-4-6-9-20/h4-19H,1-3H3,(H,31,33)(H,32,35). The maximum Gasteiger partial charge on any atom is 0.412 e. The number of amides is 1. The number of ether oxygens (including phenoxy) is 1. The van der Waals surface area contributed by atoms with Gasteiger partial charge in [0.05, 0.1) is 17.4 Å². The molecular formula is C29H27N5O2. The highest BCUT2D eigenvalue weighted by Crippen LogP contribution is 2.28. The summed E-state index contributed by atoms with van der Waals surface area (Å²) in [4.78, 5) is 16.9. The summed E-state index contributed by atoms with van der Waals surface area (Å²) in [6.07, 6.45) is 1.26. The van der Waals surface area contributed by atoms with Gasteiger partial charge in [0.15, 0.2) is 0 Å². The van der Waals surface area contributed by atoms with Crippen molar-refractivity contribution in [3.8, 4) is 22.4 Å². The molecule has 0 saturated carbocycles. The number of anilines is 3. The van der Waals surface area contributed by atoms with Gasteiger partial charge in [0, 0.05) is 16.9 Å². The van der Waals surface area contributed by atoms with Gasteiger partial charge in [0.25, 0.3) is 0 Å². The van der Waals surface area contributed by atoms with Gasteiger partial charge in [-0.3, -0.25) is 5.32 Å². The fraction of sp³-hybridized carbons (Fsp3) is 0.138. The van der Waals surface area contributed by atoms with Gasteiger partial charge in [-0.25, -0.2) is 14.3 Å². The maximum atomic E-state index is 12.0. The first kappa shape index (κ1) is 23.1. The molecule has 7 nitrogen and oxygen atoms in total. The van der Waals surface area contributed by atoms with Gasteiger partial charge in [-0.15, -0.1) is 0 Å². The normalized spacial score (nSPS) is 11.3. The van der Waals surface area contributed by atoms with Crippen LogP contribution in [0.15, 0.2) is 97.2 Å². The van der Waals surface area contributed by atoms with Gasteiger partial charge >= 0.3 is 6.09 Å². The minimum Gasteiger partial charge on any atom is -0.444 e. The number of nitrogens with zero attached hydrogens (tertiary/aromatic N) is 3. The molecule has 0 saturated heterocycles. The Morgan fingerprint density at radius 1 is 0.806 bits per heavy atom. The van der Waals surface area contributed by atoms with Crippen LogP contribution in [0.25, 0.3) is 27.9 Å². The molecule has 5 aromatic rings. The number of nitrogens with one attached hydrogen (secondary N) is 2. The lowest BCUT2D eigenvalue weighted by Gasteiger charge is -2.19. The molecule has 0 aliphatic rings. The molecule has 5 rings (SSSR count). The summed E-state index contributed by atoms with van der Waals surface area (Å²) in [6.45, 7) is 5.48. The molecule has 0 aliphatic carbocycles. The largest absolute Gasteiger partial charge is 0.444 e. The molecule has 36 heavy (non-hydrogen) atoms. The van der Waals surface area contributed by atoms with Crippen LogP contribution in [0.4, 0.5) is 22.1 Å². The average Bonchev–Trinajstić information content (AvgIpc) is 3.34. The van der Waals surface area contributed by atoms with Crippen LogP contribution in [0.2, 0.25) is 0 Å². The van der Waals surface area contributed by atoms with Gasteiger partial charge in [-0.05, 0) is 74.4 Å². The lowest BCUT2D eigenvalue weighted by Crippen LogP contribution is -2.27. The SMILES string of the molecule is CC(C)(C)OC(=O)Nc1ccc(Nc2nc(-c3cccc(-c4ccccc4)c3)cc3ccnn23)cc1. The van der Waals surface area contributed by atoms with Crippen molar-refractivity contribution in [2.75, 3.05) is 10.6 Å². The second-order valence-corrected chi connectivity index (χ2v) is 9.41. The zero-order chi connectivity index (χ0) is 25.1. The molecular weight excluding hydrogens is 450 g/mol. The maximum absolute atomic E-state index is 12.0. The summed E-state index contributed by atoms with van der Waals surface area (Å²) in [5, 5.41) is 10.5. The Labute approximate surface area is 209 Å². The lowest BCUT2D eigenvalue weighted by atomic mass is 10.0. The van der Waals surface area contributed by atoms with E-state index in [1.165, 1.54) is 0 Å². The second-order valence-electron chi connectivity index (χ2n) is 9.41. The fourth-order valence-electron chi connectivity index (χ4n) is 3.84. The molecule has 2 aromatic heterocycles. The Morgan fingerprint density at radius 3 is 2.25 bits per heavy atom. The Bertz CT molecular complexity index is 1500. The zero-order valence-electron chi connectivity index (χ0n) is 20.4. The zero-order valence-corrected chi connectivity index (χ0v) is 20.4. The van der Waals surface area contributed by atoms with Crippen LogP contribution >= 0.6 is 0 Å². The third kappa shape index (κ3) is 5.36. The van der Waals surface area contributed by atoms with E-state index in [9.17, 15) is 4.79 Å². The molecule has 7 heteroatoms.